The van der Waals surface area contributed by atoms with Gasteiger partial charge >= 0.3 is 0 Å². The number of halogens is 1. The molecular weight excluding hydrogens is 377 g/mol. The second-order valence-corrected chi connectivity index (χ2v) is 9.80. The first-order valence-corrected chi connectivity index (χ1v) is 10.8. The molecule has 0 bridgehead atoms. The molecule has 1 aromatic heterocycles. The van der Waals surface area contributed by atoms with Gasteiger partial charge in [-0.25, -0.2) is 12.8 Å². The fourth-order valence-electron chi connectivity index (χ4n) is 4.45. The van der Waals surface area contributed by atoms with E-state index in [1.165, 1.54) is 12.1 Å². The lowest BCUT2D eigenvalue weighted by Gasteiger charge is -2.17. The highest BCUT2D eigenvalue weighted by molar-refractivity contribution is 7.92. The molecule has 0 unspecified atom stereocenters. The highest BCUT2D eigenvalue weighted by Gasteiger charge is 2.50. The summed E-state index contributed by atoms with van der Waals surface area (Å²) in [7, 11) is -1.47. The van der Waals surface area contributed by atoms with Crippen LogP contribution in [-0.2, 0) is 23.4 Å². The molecule has 28 heavy (non-hydrogen) atoms. The summed E-state index contributed by atoms with van der Waals surface area (Å²) < 4.78 is 41.0. The minimum absolute atomic E-state index is 0.0305. The number of aryl methyl sites for hydroxylation is 1. The maximum Gasteiger partial charge on any atom is 0.183 e. The quantitative estimate of drug-likeness (QED) is 0.682. The average molecular weight is 397 g/mol. The van der Waals surface area contributed by atoms with Gasteiger partial charge in [-0.3, -0.25) is 9.58 Å². The number of hydrogen-bond donors (Lipinski definition) is 0. The molecule has 0 radical (unpaired) electrons. The standard InChI is InChI=1S/C21H20FN3O2S/c1-24-11-16(9-23-24)15-4-7-20-18(8-15)19-12-25(13-21(19)28(20,26)27)10-14-2-5-17(22)6-3-14/h2-9,11,19,21H,10,12-13H2,1H3/t19-,21+/m0/s1. The second kappa shape index (κ2) is 6.25. The van der Waals surface area contributed by atoms with E-state index >= 15 is 0 Å². The van der Waals surface area contributed by atoms with Gasteiger partial charge in [0.15, 0.2) is 9.84 Å². The largest absolute Gasteiger partial charge is 0.297 e. The summed E-state index contributed by atoms with van der Waals surface area (Å²) in [6, 6.07) is 12.0. The maximum absolute atomic E-state index is 13.1. The van der Waals surface area contributed by atoms with Crippen LogP contribution in [-0.4, -0.2) is 41.4 Å². The second-order valence-electron chi connectivity index (χ2n) is 7.67. The van der Waals surface area contributed by atoms with Crippen LogP contribution in [0.15, 0.2) is 59.8 Å². The van der Waals surface area contributed by atoms with Crippen LogP contribution in [0.2, 0.25) is 0 Å². The molecule has 0 N–H and O–H groups in total. The third kappa shape index (κ3) is 2.77. The summed E-state index contributed by atoms with van der Waals surface area (Å²) in [5, 5.41) is 3.80. The number of likely N-dealkylation sites (tertiary alicyclic amines) is 1. The molecule has 2 aromatic carbocycles. The van der Waals surface area contributed by atoms with E-state index in [4.69, 9.17) is 0 Å². The Labute approximate surface area is 163 Å². The van der Waals surface area contributed by atoms with Crippen molar-refractivity contribution in [3.05, 3.63) is 71.8 Å². The van der Waals surface area contributed by atoms with Crippen LogP contribution in [0.5, 0.6) is 0 Å². The number of fused-ring (bicyclic) bond motifs is 3. The molecule has 2 atom stereocenters. The summed E-state index contributed by atoms with van der Waals surface area (Å²) in [6.07, 6.45) is 3.72. The Morgan fingerprint density at radius 2 is 1.89 bits per heavy atom. The van der Waals surface area contributed by atoms with Crippen LogP contribution in [0, 0.1) is 5.82 Å². The zero-order chi connectivity index (χ0) is 19.5. The van der Waals surface area contributed by atoms with Crippen molar-refractivity contribution in [3.8, 4) is 11.1 Å². The Bertz CT molecular complexity index is 1150. The van der Waals surface area contributed by atoms with Gasteiger partial charge in [0.1, 0.15) is 5.82 Å². The van der Waals surface area contributed by atoms with Crippen molar-refractivity contribution >= 4 is 9.84 Å². The van der Waals surface area contributed by atoms with Gasteiger partial charge in [-0.15, -0.1) is 0 Å². The third-order valence-electron chi connectivity index (χ3n) is 5.81. The van der Waals surface area contributed by atoms with Gasteiger partial charge in [-0.1, -0.05) is 18.2 Å². The molecule has 144 valence electrons. The van der Waals surface area contributed by atoms with Gasteiger partial charge in [0.25, 0.3) is 0 Å². The fourth-order valence-corrected chi connectivity index (χ4v) is 6.65. The van der Waals surface area contributed by atoms with Gasteiger partial charge in [0, 0.05) is 44.4 Å². The van der Waals surface area contributed by atoms with Crippen LogP contribution in [0.4, 0.5) is 4.39 Å². The molecule has 0 aliphatic carbocycles. The first-order chi connectivity index (χ1) is 13.4. The Balaban J connectivity index is 1.46. The smallest absolute Gasteiger partial charge is 0.183 e. The molecule has 5 rings (SSSR count). The lowest BCUT2D eigenvalue weighted by atomic mass is 9.95. The van der Waals surface area contributed by atoms with Crippen molar-refractivity contribution in [2.75, 3.05) is 13.1 Å². The maximum atomic E-state index is 13.1. The normalized spacial score (nSPS) is 22.9. The van der Waals surface area contributed by atoms with Crippen LogP contribution in [0.1, 0.15) is 17.0 Å². The van der Waals surface area contributed by atoms with E-state index in [0.717, 1.165) is 22.3 Å². The van der Waals surface area contributed by atoms with E-state index in [-0.39, 0.29) is 11.7 Å². The molecule has 0 spiro atoms. The number of aromatic nitrogens is 2. The van der Waals surface area contributed by atoms with E-state index in [2.05, 4.69) is 10.00 Å². The number of benzene rings is 2. The third-order valence-corrected chi connectivity index (χ3v) is 8.07. The SMILES string of the molecule is Cn1cc(-c2ccc3c(c2)[C@@H]2CN(Cc4ccc(F)cc4)C[C@H]2S3(=O)=O)cn1. The molecule has 7 heteroatoms. The van der Waals surface area contributed by atoms with Crippen molar-refractivity contribution in [2.24, 2.45) is 7.05 Å². The predicted octanol–water partition coefficient (Wildman–Crippen LogP) is 2.98. The lowest BCUT2D eigenvalue weighted by molar-refractivity contribution is 0.325. The van der Waals surface area contributed by atoms with Crippen molar-refractivity contribution < 1.29 is 12.8 Å². The fraction of sp³-hybridized carbons (Fsp3) is 0.286. The molecule has 3 aromatic rings. The topological polar surface area (TPSA) is 55.2 Å². The van der Waals surface area contributed by atoms with Crippen molar-refractivity contribution in [3.63, 3.8) is 0 Å². The monoisotopic (exact) mass is 397 g/mol. The molecule has 5 nitrogen and oxygen atoms in total. The first-order valence-electron chi connectivity index (χ1n) is 9.25. The van der Waals surface area contributed by atoms with Crippen LogP contribution < -0.4 is 0 Å². The van der Waals surface area contributed by atoms with Crippen LogP contribution >= 0.6 is 0 Å². The molecule has 2 aliphatic rings. The van der Waals surface area contributed by atoms with Gasteiger partial charge in [0.2, 0.25) is 0 Å². The molecule has 1 fully saturated rings. The highest BCUT2D eigenvalue weighted by atomic mass is 32.2. The molecule has 1 saturated heterocycles. The Hall–Kier alpha value is -2.51. The Morgan fingerprint density at radius 1 is 1.11 bits per heavy atom. The number of rotatable bonds is 3. The van der Waals surface area contributed by atoms with Gasteiger partial charge in [0.05, 0.1) is 16.3 Å². The van der Waals surface area contributed by atoms with E-state index < -0.39 is 15.1 Å². The summed E-state index contributed by atoms with van der Waals surface area (Å²) in [4.78, 5) is 2.62. The van der Waals surface area contributed by atoms with Crippen LogP contribution in [0.25, 0.3) is 11.1 Å². The Morgan fingerprint density at radius 3 is 2.61 bits per heavy atom. The number of hydrogen-bond acceptors (Lipinski definition) is 4. The average Bonchev–Trinajstić information content (AvgIpc) is 3.34. The van der Waals surface area contributed by atoms with Crippen molar-refractivity contribution in [1.29, 1.82) is 0 Å². The summed E-state index contributed by atoms with van der Waals surface area (Å²) in [5.74, 6) is -0.293. The molecule has 3 heterocycles. The van der Waals surface area contributed by atoms with E-state index in [1.807, 2.05) is 25.4 Å². The minimum atomic E-state index is -3.33. The summed E-state index contributed by atoms with van der Waals surface area (Å²) in [6.45, 7) is 1.81. The van der Waals surface area contributed by atoms with Gasteiger partial charge in [-0.2, -0.15) is 5.10 Å². The summed E-state index contributed by atoms with van der Waals surface area (Å²) in [5.41, 5.74) is 3.86. The number of sulfone groups is 1. The molecule has 0 amide bonds. The van der Waals surface area contributed by atoms with Gasteiger partial charge in [-0.05, 0) is 41.0 Å². The van der Waals surface area contributed by atoms with E-state index in [9.17, 15) is 12.8 Å². The highest BCUT2D eigenvalue weighted by Crippen LogP contribution is 2.46. The molecule has 2 aliphatic heterocycles. The predicted molar refractivity (Wildman–Crippen MR) is 104 cm³/mol. The van der Waals surface area contributed by atoms with E-state index in [0.29, 0.717) is 24.5 Å². The molecular formula is C21H20FN3O2S. The zero-order valence-electron chi connectivity index (χ0n) is 15.4. The van der Waals surface area contributed by atoms with Crippen molar-refractivity contribution in [1.82, 2.24) is 14.7 Å². The molecule has 0 saturated carbocycles. The Kier molecular flexibility index (Phi) is 3.93. The zero-order valence-corrected chi connectivity index (χ0v) is 16.2. The van der Waals surface area contributed by atoms with Crippen molar-refractivity contribution in [2.45, 2.75) is 22.6 Å². The van der Waals surface area contributed by atoms with Crippen LogP contribution in [0.3, 0.4) is 0 Å². The number of nitrogens with zero attached hydrogens (tertiary/aromatic N) is 3. The lowest BCUT2D eigenvalue weighted by Crippen LogP contribution is -2.25. The first kappa shape index (κ1) is 17.6. The summed E-state index contributed by atoms with van der Waals surface area (Å²) >= 11 is 0. The van der Waals surface area contributed by atoms with Gasteiger partial charge < -0.3 is 0 Å². The van der Waals surface area contributed by atoms with E-state index in [1.54, 1.807) is 29.1 Å². The minimum Gasteiger partial charge on any atom is -0.297 e.